The number of fused-ring (bicyclic) bond motifs is 1. The lowest BCUT2D eigenvalue weighted by molar-refractivity contribution is -0.239. The van der Waals surface area contributed by atoms with Crippen molar-refractivity contribution in [1.82, 2.24) is 15.3 Å². The van der Waals surface area contributed by atoms with Crippen LogP contribution >= 0.6 is 7.75 Å². The molecule has 268 valence electrons. The van der Waals surface area contributed by atoms with E-state index in [0.717, 1.165) is 12.5 Å². The minimum Gasteiger partial charge on any atom is -0.484 e. The maximum atomic E-state index is 16.2. The van der Waals surface area contributed by atoms with Gasteiger partial charge < -0.3 is 33.9 Å². The maximum absolute atomic E-state index is 16.2. The first-order valence-electron chi connectivity index (χ1n) is 16.0. The number of carbonyl (C=O) groups excluding carboxylic acids is 3. The van der Waals surface area contributed by atoms with Crippen LogP contribution in [0.2, 0.25) is 0 Å². The minimum atomic E-state index is -4.53. The summed E-state index contributed by atoms with van der Waals surface area (Å²) in [7, 11) is -3.19. The molecule has 0 radical (unpaired) electrons. The highest BCUT2D eigenvalue weighted by molar-refractivity contribution is 7.52. The Labute approximate surface area is 284 Å². The van der Waals surface area contributed by atoms with Crippen molar-refractivity contribution in [3.8, 4) is 11.5 Å². The van der Waals surface area contributed by atoms with Crippen LogP contribution in [-0.2, 0) is 32.9 Å². The summed E-state index contributed by atoms with van der Waals surface area (Å²) >= 11 is 0. The summed E-state index contributed by atoms with van der Waals surface area (Å²) in [5.41, 5.74) is -1.28. The molecule has 0 aromatic heterocycles. The molecule has 3 aliphatic heterocycles. The van der Waals surface area contributed by atoms with Gasteiger partial charge in [0.15, 0.2) is 23.5 Å². The number of aliphatic hydroxyl groups excluding tert-OH is 1. The van der Waals surface area contributed by atoms with Gasteiger partial charge in [0.1, 0.15) is 35.9 Å². The van der Waals surface area contributed by atoms with Crippen molar-refractivity contribution >= 4 is 25.4 Å². The molecule has 0 spiro atoms. The predicted molar refractivity (Wildman–Crippen MR) is 172 cm³/mol. The number of aliphatic hydroxyl groups is 1. The van der Waals surface area contributed by atoms with E-state index in [1.165, 1.54) is 44.1 Å². The summed E-state index contributed by atoms with van der Waals surface area (Å²) in [6.45, 7) is 6.79. The highest BCUT2D eigenvalue weighted by Crippen LogP contribution is 2.48. The molecule has 14 nitrogen and oxygen atoms in total. The third-order valence-corrected chi connectivity index (χ3v) is 10.3. The first-order chi connectivity index (χ1) is 23.0. The van der Waals surface area contributed by atoms with E-state index in [0.29, 0.717) is 5.56 Å². The number of halogens is 1. The molecule has 3 N–H and O–H groups in total. The second kappa shape index (κ2) is 14.4. The molecule has 3 heterocycles. The van der Waals surface area contributed by atoms with E-state index in [1.807, 2.05) is 30.3 Å². The third-order valence-electron chi connectivity index (χ3n) is 8.65. The zero-order valence-electron chi connectivity index (χ0n) is 28.2. The zero-order valence-corrected chi connectivity index (χ0v) is 29.1. The highest BCUT2D eigenvalue weighted by Gasteiger charge is 2.60. The van der Waals surface area contributed by atoms with E-state index < -0.39 is 68.5 Å². The molecule has 2 saturated heterocycles. The number of rotatable bonds is 12. The summed E-state index contributed by atoms with van der Waals surface area (Å²) in [5.74, 6) is -2.47. The van der Waals surface area contributed by atoms with Crippen LogP contribution in [0.3, 0.4) is 0 Å². The highest BCUT2D eigenvalue weighted by atomic mass is 31.2. The molecule has 8 atom stereocenters. The fourth-order valence-electron chi connectivity index (χ4n) is 5.97. The normalized spacial score (nSPS) is 30.6. The number of nitrogens with one attached hydrogen (secondary N) is 2. The van der Waals surface area contributed by atoms with Crippen LogP contribution < -0.4 is 19.7 Å². The summed E-state index contributed by atoms with van der Waals surface area (Å²) in [4.78, 5) is 39.2. The molecule has 16 heteroatoms. The molecule has 3 unspecified atom stereocenters. The Balaban J connectivity index is 1.37. The summed E-state index contributed by atoms with van der Waals surface area (Å²) in [6, 6.07) is 12.3. The standard InChI is InChI=1S/C33H43FN3O11P/c1-19(2)45-30(41)20(3)36-49(42,48-22-12-13-23-24(38)17-25(46-26(23)16-22)21-10-8-7-9-11-21)44-18-27-29(40)32(4,34)31(47-27)37-15-14-28(39)35-33(37,5)43-6/h7-13,16,19-20,25,27,29,31,40H,14-15,17-18H2,1-6H3,(H,35,39)(H,36,42)/t20-,25?,27+,29+,31+,32+,33?,49?/m0/s1. The maximum Gasteiger partial charge on any atom is 0.459 e. The number of ketones is 1. The SMILES string of the molecule is COC1(C)NC(=O)CCN1[C@@H]1O[C@H](COP(=O)(N[C@@H](C)C(=O)OC(C)C)Oc2ccc3c(c2)OC(c2ccccc2)CC3=O)[C@@H](O)[C@@]1(C)F. The van der Waals surface area contributed by atoms with E-state index in [1.54, 1.807) is 13.8 Å². The van der Waals surface area contributed by atoms with Crippen LogP contribution in [-0.4, -0.2) is 90.0 Å². The number of Topliss-reactive ketones (excluding diaryl/α,β-unsaturated/α-hetero) is 1. The Hall–Kier alpha value is -3.43. The summed E-state index contributed by atoms with van der Waals surface area (Å²) in [5, 5.41) is 16.2. The smallest absolute Gasteiger partial charge is 0.459 e. The van der Waals surface area contributed by atoms with E-state index in [9.17, 15) is 24.1 Å². The Kier molecular flexibility index (Phi) is 10.9. The Bertz CT molecular complexity index is 1590. The average molecular weight is 708 g/mol. The van der Waals surface area contributed by atoms with Crippen LogP contribution in [0.15, 0.2) is 48.5 Å². The van der Waals surface area contributed by atoms with Crippen LogP contribution in [0, 0.1) is 0 Å². The van der Waals surface area contributed by atoms with Gasteiger partial charge in [0.2, 0.25) is 5.91 Å². The number of amides is 1. The second-order valence-electron chi connectivity index (χ2n) is 12.8. The quantitative estimate of drug-likeness (QED) is 0.215. The number of alkyl halides is 1. The number of hydrogen-bond acceptors (Lipinski definition) is 12. The first kappa shape index (κ1) is 36.8. The van der Waals surface area contributed by atoms with E-state index in [-0.39, 0.29) is 42.6 Å². The van der Waals surface area contributed by atoms with E-state index >= 15 is 4.39 Å². The largest absolute Gasteiger partial charge is 0.484 e. The molecule has 0 aliphatic carbocycles. The van der Waals surface area contributed by atoms with Gasteiger partial charge in [0.25, 0.3) is 0 Å². The first-order valence-corrected chi connectivity index (χ1v) is 17.6. The van der Waals surface area contributed by atoms with Gasteiger partial charge in [-0.1, -0.05) is 30.3 Å². The van der Waals surface area contributed by atoms with E-state index in [2.05, 4.69) is 10.4 Å². The van der Waals surface area contributed by atoms with Gasteiger partial charge in [0.05, 0.1) is 24.7 Å². The Morgan fingerprint density at radius 1 is 1.18 bits per heavy atom. The monoisotopic (exact) mass is 707 g/mol. The van der Waals surface area contributed by atoms with Crippen LogP contribution in [0.1, 0.15) is 69.5 Å². The van der Waals surface area contributed by atoms with Crippen molar-refractivity contribution in [2.24, 2.45) is 0 Å². The van der Waals surface area contributed by atoms with Gasteiger partial charge in [-0.2, -0.15) is 5.09 Å². The van der Waals surface area contributed by atoms with Gasteiger partial charge >= 0.3 is 13.7 Å². The lowest BCUT2D eigenvalue weighted by atomic mass is 9.96. The van der Waals surface area contributed by atoms with Gasteiger partial charge in [-0.15, -0.1) is 0 Å². The van der Waals surface area contributed by atoms with Crippen molar-refractivity contribution in [2.75, 3.05) is 20.3 Å². The molecule has 1 amide bonds. The number of carbonyl (C=O) groups is 3. The summed E-state index contributed by atoms with van der Waals surface area (Å²) in [6.07, 6.45) is -5.40. The molecular weight excluding hydrogens is 664 g/mol. The van der Waals surface area contributed by atoms with Crippen LogP contribution in [0.5, 0.6) is 11.5 Å². The predicted octanol–water partition coefficient (Wildman–Crippen LogP) is 3.78. The molecule has 3 aliphatic rings. The molecule has 5 rings (SSSR count). The van der Waals surface area contributed by atoms with Crippen molar-refractivity contribution in [3.05, 3.63) is 59.7 Å². The van der Waals surface area contributed by atoms with Crippen molar-refractivity contribution < 1.29 is 56.4 Å². The fourth-order valence-corrected chi connectivity index (χ4v) is 7.46. The molecule has 2 fully saturated rings. The lowest BCUT2D eigenvalue weighted by Gasteiger charge is -2.47. The molecule has 2 aromatic carbocycles. The molecule has 2 aromatic rings. The van der Waals surface area contributed by atoms with E-state index in [4.69, 9.17) is 28.0 Å². The number of esters is 1. The lowest BCUT2D eigenvalue weighted by Crippen LogP contribution is -2.69. The second-order valence-corrected chi connectivity index (χ2v) is 14.5. The zero-order chi connectivity index (χ0) is 35.7. The molecular formula is C33H43FN3O11P. The third kappa shape index (κ3) is 7.99. The number of ether oxygens (including phenoxy) is 4. The average Bonchev–Trinajstić information content (AvgIpc) is 3.27. The van der Waals surface area contributed by atoms with Gasteiger partial charge in [-0.25, -0.2) is 13.9 Å². The number of methoxy groups -OCH3 is 1. The van der Waals surface area contributed by atoms with Gasteiger partial charge in [-0.3, -0.25) is 18.9 Å². The number of hydrogen-bond donors (Lipinski definition) is 3. The van der Waals surface area contributed by atoms with Crippen LogP contribution in [0.25, 0.3) is 0 Å². The number of benzene rings is 2. The summed E-state index contributed by atoms with van der Waals surface area (Å²) < 4.78 is 64.8. The Morgan fingerprint density at radius 2 is 1.90 bits per heavy atom. The van der Waals surface area contributed by atoms with Gasteiger partial charge in [0, 0.05) is 26.1 Å². The van der Waals surface area contributed by atoms with Crippen LogP contribution in [0.4, 0.5) is 4.39 Å². The molecule has 0 saturated carbocycles. The van der Waals surface area contributed by atoms with Crippen molar-refractivity contribution in [3.63, 3.8) is 0 Å². The molecule has 0 bridgehead atoms. The fraction of sp³-hybridized carbons (Fsp3) is 0.545. The van der Waals surface area contributed by atoms with Crippen molar-refractivity contribution in [1.29, 1.82) is 0 Å². The Morgan fingerprint density at radius 3 is 2.57 bits per heavy atom. The minimum absolute atomic E-state index is 0.0264. The topological polar surface area (TPSA) is 171 Å². The van der Waals surface area contributed by atoms with Crippen molar-refractivity contribution in [2.45, 2.75) is 95.7 Å². The van der Waals surface area contributed by atoms with Gasteiger partial charge in [-0.05, 0) is 52.3 Å². The molecule has 49 heavy (non-hydrogen) atoms. The number of nitrogens with zero attached hydrogens (tertiary/aromatic N) is 1.